The standard InChI is InChI=1S/C25H25N3O/c1-27-14-12-25(13-15-27)28-23(21-8-4-5-9-24(21)29-25)17-22(26-28)20-11-10-18-6-2-3-7-19(18)16-20/h2-11,16,23H,12-15,17H2,1H3. The normalized spacial score (nSPS) is 22.9. The number of piperidine rings is 1. The van der Waals surface area contributed by atoms with Crippen molar-refractivity contribution in [2.24, 2.45) is 5.10 Å². The Balaban J connectivity index is 1.44. The van der Waals surface area contributed by atoms with E-state index in [0.29, 0.717) is 0 Å². The fraction of sp³-hybridized carbons (Fsp3) is 0.320. The van der Waals surface area contributed by atoms with Gasteiger partial charge in [-0.1, -0.05) is 54.6 Å². The van der Waals surface area contributed by atoms with E-state index in [-0.39, 0.29) is 11.8 Å². The van der Waals surface area contributed by atoms with Crippen LogP contribution >= 0.6 is 0 Å². The van der Waals surface area contributed by atoms with Gasteiger partial charge in [-0.3, -0.25) is 0 Å². The highest BCUT2D eigenvalue weighted by Gasteiger charge is 2.51. The monoisotopic (exact) mass is 383 g/mol. The summed E-state index contributed by atoms with van der Waals surface area (Å²) in [6.45, 7) is 2.07. The van der Waals surface area contributed by atoms with Gasteiger partial charge < -0.3 is 9.64 Å². The summed E-state index contributed by atoms with van der Waals surface area (Å²) in [7, 11) is 2.19. The molecule has 0 amide bonds. The third-order valence-electron chi connectivity index (χ3n) is 6.76. The van der Waals surface area contributed by atoms with Gasteiger partial charge in [-0.05, 0) is 35.5 Å². The average Bonchev–Trinajstić information content (AvgIpc) is 3.22. The SMILES string of the molecule is CN1CCC2(CC1)Oc1ccccc1C1CC(c3ccc4ccccc4c3)=NN12. The number of likely N-dealkylation sites (tertiary alicyclic amines) is 1. The molecule has 0 aliphatic carbocycles. The Morgan fingerprint density at radius 1 is 0.931 bits per heavy atom. The van der Waals surface area contributed by atoms with Crippen molar-refractivity contribution in [3.63, 3.8) is 0 Å². The molecule has 4 heteroatoms. The van der Waals surface area contributed by atoms with Crippen molar-refractivity contribution in [2.75, 3.05) is 20.1 Å². The summed E-state index contributed by atoms with van der Waals surface area (Å²) in [4.78, 5) is 2.38. The molecule has 3 aliphatic rings. The predicted molar refractivity (Wildman–Crippen MR) is 116 cm³/mol. The Bertz CT molecular complexity index is 1110. The maximum atomic E-state index is 6.67. The molecule has 29 heavy (non-hydrogen) atoms. The molecule has 0 saturated carbocycles. The minimum Gasteiger partial charge on any atom is -0.466 e. The molecule has 1 spiro atoms. The molecule has 146 valence electrons. The van der Waals surface area contributed by atoms with E-state index in [2.05, 4.69) is 83.7 Å². The molecule has 1 saturated heterocycles. The lowest BCUT2D eigenvalue weighted by molar-refractivity contribution is -0.147. The second kappa shape index (κ2) is 6.33. The van der Waals surface area contributed by atoms with E-state index in [4.69, 9.17) is 9.84 Å². The van der Waals surface area contributed by atoms with E-state index in [1.807, 2.05) is 0 Å². The number of fused-ring (bicyclic) bond motifs is 5. The topological polar surface area (TPSA) is 28.1 Å². The zero-order valence-corrected chi connectivity index (χ0v) is 16.7. The number of benzene rings is 3. The van der Waals surface area contributed by atoms with E-state index in [1.165, 1.54) is 27.6 Å². The predicted octanol–water partition coefficient (Wildman–Crippen LogP) is 4.81. The number of hydrogen-bond acceptors (Lipinski definition) is 4. The lowest BCUT2D eigenvalue weighted by Gasteiger charge is -2.50. The Labute approximate surface area is 171 Å². The molecule has 4 nitrogen and oxygen atoms in total. The van der Waals surface area contributed by atoms with Crippen LogP contribution in [0.1, 0.15) is 36.4 Å². The van der Waals surface area contributed by atoms with Crippen molar-refractivity contribution in [1.82, 2.24) is 9.91 Å². The number of nitrogens with zero attached hydrogens (tertiary/aromatic N) is 3. The van der Waals surface area contributed by atoms with E-state index in [0.717, 1.165) is 38.1 Å². The summed E-state index contributed by atoms with van der Waals surface area (Å²) in [5.74, 6) is 1.04. The van der Waals surface area contributed by atoms with Gasteiger partial charge in [0.15, 0.2) is 0 Å². The maximum Gasteiger partial charge on any atom is 0.200 e. The second-order valence-electron chi connectivity index (χ2n) is 8.56. The molecule has 0 N–H and O–H groups in total. The van der Waals surface area contributed by atoms with Crippen LogP contribution < -0.4 is 4.74 Å². The summed E-state index contributed by atoms with van der Waals surface area (Å²) in [5, 5.41) is 10.0. The second-order valence-corrected chi connectivity index (χ2v) is 8.56. The van der Waals surface area contributed by atoms with Gasteiger partial charge in [0.25, 0.3) is 0 Å². The number of hydrogen-bond donors (Lipinski definition) is 0. The van der Waals surface area contributed by atoms with Gasteiger partial charge in [0.1, 0.15) is 5.75 Å². The lowest BCUT2D eigenvalue weighted by Crippen LogP contribution is -2.58. The van der Waals surface area contributed by atoms with Gasteiger partial charge in [-0.25, -0.2) is 5.01 Å². The Morgan fingerprint density at radius 3 is 2.55 bits per heavy atom. The Morgan fingerprint density at radius 2 is 1.69 bits per heavy atom. The molecule has 3 heterocycles. The molecular formula is C25H25N3O. The summed E-state index contributed by atoms with van der Waals surface area (Å²) in [6.07, 6.45) is 2.88. The van der Waals surface area contributed by atoms with Crippen LogP contribution in [0.4, 0.5) is 0 Å². The van der Waals surface area contributed by atoms with E-state index >= 15 is 0 Å². The number of hydrazone groups is 1. The van der Waals surface area contributed by atoms with Gasteiger partial charge in [0, 0.05) is 37.9 Å². The van der Waals surface area contributed by atoms with Crippen LogP contribution in [0.15, 0.2) is 71.8 Å². The molecular weight excluding hydrogens is 358 g/mol. The van der Waals surface area contributed by atoms with Crippen molar-refractivity contribution in [3.05, 3.63) is 77.9 Å². The fourth-order valence-electron chi connectivity index (χ4n) is 5.07. The first-order valence-electron chi connectivity index (χ1n) is 10.5. The van der Waals surface area contributed by atoms with Crippen molar-refractivity contribution in [3.8, 4) is 5.75 Å². The van der Waals surface area contributed by atoms with Crippen molar-refractivity contribution in [2.45, 2.75) is 31.0 Å². The van der Waals surface area contributed by atoms with E-state index in [9.17, 15) is 0 Å². The molecule has 3 aromatic carbocycles. The number of para-hydroxylation sites is 1. The average molecular weight is 383 g/mol. The Hall–Kier alpha value is -2.85. The molecule has 3 aromatic rings. The summed E-state index contributed by atoms with van der Waals surface area (Å²) < 4.78 is 6.67. The third-order valence-corrected chi connectivity index (χ3v) is 6.76. The molecule has 3 aliphatic heterocycles. The maximum absolute atomic E-state index is 6.67. The van der Waals surface area contributed by atoms with Crippen molar-refractivity contribution < 1.29 is 4.74 Å². The summed E-state index contributed by atoms with van der Waals surface area (Å²) >= 11 is 0. The highest BCUT2D eigenvalue weighted by molar-refractivity contribution is 6.04. The number of ether oxygens (including phenoxy) is 1. The number of rotatable bonds is 1. The molecule has 0 bridgehead atoms. The van der Waals surface area contributed by atoms with Crippen LogP contribution in [0.2, 0.25) is 0 Å². The zero-order valence-electron chi connectivity index (χ0n) is 16.7. The summed E-state index contributed by atoms with van der Waals surface area (Å²) in [5.41, 5.74) is 3.32. The fourth-order valence-corrected chi connectivity index (χ4v) is 5.07. The first-order chi connectivity index (χ1) is 14.2. The minimum absolute atomic E-state index is 0.254. The zero-order chi connectivity index (χ0) is 19.4. The van der Waals surface area contributed by atoms with Gasteiger partial charge in [0.05, 0.1) is 11.8 Å². The Kier molecular flexibility index (Phi) is 3.72. The van der Waals surface area contributed by atoms with Crippen LogP contribution in [0.3, 0.4) is 0 Å². The van der Waals surface area contributed by atoms with Crippen LogP contribution in [0, 0.1) is 0 Å². The van der Waals surface area contributed by atoms with Crippen LogP contribution in [0.5, 0.6) is 5.75 Å². The van der Waals surface area contributed by atoms with Gasteiger partial charge in [-0.15, -0.1) is 0 Å². The molecule has 1 atom stereocenters. The highest BCUT2D eigenvalue weighted by atomic mass is 16.5. The van der Waals surface area contributed by atoms with Gasteiger partial charge in [0.2, 0.25) is 5.72 Å². The van der Waals surface area contributed by atoms with E-state index < -0.39 is 0 Å². The van der Waals surface area contributed by atoms with Gasteiger partial charge >= 0.3 is 0 Å². The highest BCUT2D eigenvalue weighted by Crippen LogP contribution is 2.49. The van der Waals surface area contributed by atoms with Crippen LogP contribution in [0.25, 0.3) is 10.8 Å². The summed E-state index contributed by atoms with van der Waals surface area (Å²) in [6, 6.07) is 24.0. The first kappa shape index (κ1) is 17.0. The first-order valence-corrected chi connectivity index (χ1v) is 10.5. The smallest absolute Gasteiger partial charge is 0.200 e. The molecule has 0 aromatic heterocycles. The van der Waals surface area contributed by atoms with Crippen LogP contribution in [-0.2, 0) is 0 Å². The van der Waals surface area contributed by atoms with E-state index in [1.54, 1.807) is 0 Å². The van der Waals surface area contributed by atoms with Gasteiger partial charge in [-0.2, -0.15) is 5.10 Å². The van der Waals surface area contributed by atoms with Crippen molar-refractivity contribution >= 4 is 16.5 Å². The molecule has 1 unspecified atom stereocenters. The quantitative estimate of drug-likeness (QED) is 0.604. The molecule has 6 rings (SSSR count). The lowest BCUT2D eigenvalue weighted by atomic mass is 9.90. The molecule has 1 fully saturated rings. The molecule has 0 radical (unpaired) electrons. The van der Waals surface area contributed by atoms with Crippen molar-refractivity contribution in [1.29, 1.82) is 0 Å². The third kappa shape index (κ3) is 2.66. The van der Waals surface area contributed by atoms with Crippen LogP contribution in [-0.4, -0.2) is 41.5 Å². The minimum atomic E-state index is -0.329. The largest absolute Gasteiger partial charge is 0.466 e.